The van der Waals surface area contributed by atoms with E-state index in [-0.39, 0.29) is 13.2 Å². The first kappa shape index (κ1) is 19.2. The molecule has 0 aromatic heterocycles. The van der Waals surface area contributed by atoms with Gasteiger partial charge in [0.05, 0.1) is 27.4 Å². The molecule has 3 N–H and O–H groups in total. The number of fused-ring (bicyclic) bond motifs is 2. The van der Waals surface area contributed by atoms with E-state index < -0.39 is 24.1 Å². The third kappa shape index (κ3) is 3.05. The van der Waals surface area contributed by atoms with Crippen molar-refractivity contribution in [3.63, 3.8) is 0 Å². The Morgan fingerprint density at radius 3 is 2.64 bits per heavy atom. The molecule has 1 saturated heterocycles. The Balaban J connectivity index is 1.74. The summed E-state index contributed by atoms with van der Waals surface area (Å²) >= 11 is 0. The average molecular weight is 388 g/mol. The molecule has 0 amide bonds. The molecule has 2 aliphatic heterocycles. The van der Waals surface area contributed by atoms with E-state index in [1.54, 1.807) is 14.2 Å². The van der Waals surface area contributed by atoms with E-state index in [2.05, 4.69) is 0 Å². The number of aliphatic hydroxyl groups excluding tert-OH is 3. The zero-order valence-corrected chi connectivity index (χ0v) is 15.8. The van der Waals surface area contributed by atoms with E-state index in [0.717, 1.165) is 22.4 Å². The molecule has 2 aliphatic rings. The van der Waals surface area contributed by atoms with Crippen LogP contribution in [0, 0.1) is 0 Å². The largest absolute Gasteiger partial charge is 0.497 e. The summed E-state index contributed by atoms with van der Waals surface area (Å²) in [5.41, 5.74) is 3.38. The summed E-state index contributed by atoms with van der Waals surface area (Å²) < 4.78 is 22.4. The van der Waals surface area contributed by atoms with Crippen LogP contribution < -0.4 is 9.47 Å². The Hall–Kier alpha value is -2.16. The molecular weight excluding hydrogens is 364 g/mol. The SMILES string of the molecule is COc1cccc(Cc2cc3c(cc2OC)CO[C@]32OC[C@H](O)[C@H](O)[C@H]2O)c1. The van der Waals surface area contributed by atoms with Gasteiger partial charge in [0.25, 0.3) is 0 Å². The zero-order chi connectivity index (χ0) is 19.9. The Labute approximate surface area is 163 Å². The highest BCUT2D eigenvalue weighted by Crippen LogP contribution is 2.46. The molecule has 0 unspecified atom stereocenters. The van der Waals surface area contributed by atoms with Gasteiger partial charge in [-0.1, -0.05) is 12.1 Å². The molecule has 0 bridgehead atoms. The normalized spacial score (nSPS) is 29.0. The molecule has 0 aliphatic carbocycles. The smallest absolute Gasteiger partial charge is 0.225 e. The molecule has 2 heterocycles. The molecular formula is C21H24O7. The van der Waals surface area contributed by atoms with E-state index in [1.165, 1.54) is 0 Å². The third-order valence-corrected chi connectivity index (χ3v) is 5.43. The van der Waals surface area contributed by atoms with E-state index >= 15 is 0 Å². The lowest BCUT2D eigenvalue weighted by molar-refractivity contribution is -0.342. The minimum atomic E-state index is -1.50. The zero-order valence-electron chi connectivity index (χ0n) is 15.8. The van der Waals surface area contributed by atoms with E-state index in [0.29, 0.717) is 17.7 Å². The fourth-order valence-electron chi connectivity index (χ4n) is 3.90. The van der Waals surface area contributed by atoms with Gasteiger partial charge in [-0.25, -0.2) is 0 Å². The number of aliphatic hydroxyl groups is 3. The predicted molar refractivity (Wildman–Crippen MR) is 99.2 cm³/mol. The molecule has 4 atom stereocenters. The fourth-order valence-corrected chi connectivity index (χ4v) is 3.90. The first-order chi connectivity index (χ1) is 13.5. The monoisotopic (exact) mass is 388 g/mol. The van der Waals surface area contributed by atoms with Crippen LogP contribution in [0.2, 0.25) is 0 Å². The highest BCUT2D eigenvalue weighted by Gasteiger charge is 2.55. The quantitative estimate of drug-likeness (QED) is 0.721. The van der Waals surface area contributed by atoms with Gasteiger partial charge in [0.2, 0.25) is 5.79 Å². The molecule has 1 spiro atoms. The van der Waals surface area contributed by atoms with E-state index in [9.17, 15) is 15.3 Å². The summed E-state index contributed by atoms with van der Waals surface area (Å²) in [4.78, 5) is 0. The van der Waals surface area contributed by atoms with Crippen molar-refractivity contribution in [3.8, 4) is 11.5 Å². The van der Waals surface area contributed by atoms with Gasteiger partial charge in [0, 0.05) is 12.0 Å². The van der Waals surface area contributed by atoms with Crippen molar-refractivity contribution in [2.24, 2.45) is 0 Å². The molecule has 2 aromatic carbocycles. The van der Waals surface area contributed by atoms with E-state index in [1.807, 2.05) is 36.4 Å². The lowest BCUT2D eigenvalue weighted by atomic mass is 9.88. The minimum Gasteiger partial charge on any atom is -0.497 e. The van der Waals surface area contributed by atoms with Crippen LogP contribution >= 0.6 is 0 Å². The molecule has 0 radical (unpaired) electrons. The Morgan fingerprint density at radius 2 is 1.89 bits per heavy atom. The number of rotatable bonds is 4. The lowest BCUT2D eigenvalue weighted by Gasteiger charge is -2.42. The maximum Gasteiger partial charge on any atom is 0.225 e. The number of hydrogen-bond acceptors (Lipinski definition) is 7. The van der Waals surface area contributed by atoms with Crippen molar-refractivity contribution in [1.82, 2.24) is 0 Å². The third-order valence-electron chi connectivity index (χ3n) is 5.43. The van der Waals surface area contributed by atoms with E-state index in [4.69, 9.17) is 18.9 Å². The topological polar surface area (TPSA) is 97.6 Å². The van der Waals surface area contributed by atoms with Gasteiger partial charge in [-0.05, 0) is 41.0 Å². The molecule has 1 fully saturated rings. The molecule has 7 nitrogen and oxygen atoms in total. The molecule has 150 valence electrons. The number of benzene rings is 2. The second-order valence-corrected chi connectivity index (χ2v) is 7.12. The van der Waals surface area contributed by atoms with Crippen LogP contribution in [0.5, 0.6) is 11.5 Å². The second kappa shape index (κ2) is 7.35. The maximum absolute atomic E-state index is 10.6. The highest BCUT2D eigenvalue weighted by atomic mass is 16.7. The maximum atomic E-state index is 10.6. The van der Waals surface area contributed by atoms with Gasteiger partial charge >= 0.3 is 0 Å². The van der Waals surface area contributed by atoms with Crippen molar-refractivity contribution in [3.05, 3.63) is 58.7 Å². The van der Waals surface area contributed by atoms with Crippen LogP contribution in [0.1, 0.15) is 22.3 Å². The average Bonchev–Trinajstić information content (AvgIpc) is 3.07. The number of methoxy groups -OCH3 is 2. The molecule has 0 saturated carbocycles. The van der Waals surface area contributed by atoms with Gasteiger partial charge in [-0.3, -0.25) is 0 Å². The number of ether oxygens (including phenoxy) is 4. The summed E-state index contributed by atoms with van der Waals surface area (Å²) in [6, 6.07) is 11.5. The van der Waals surface area contributed by atoms with Crippen LogP contribution in [0.25, 0.3) is 0 Å². The summed E-state index contributed by atoms with van der Waals surface area (Å²) in [7, 11) is 3.23. The molecule has 7 heteroatoms. The summed E-state index contributed by atoms with van der Waals surface area (Å²) in [6.07, 6.45) is -3.35. The van der Waals surface area contributed by atoms with Crippen LogP contribution in [-0.2, 0) is 28.3 Å². The van der Waals surface area contributed by atoms with Crippen LogP contribution in [0.4, 0.5) is 0 Å². The summed E-state index contributed by atoms with van der Waals surface area (Å²) in [5.74, 6) is -0.0303. The van der Waals surface area contributed by atoms with Crippen LogP contribution in [0.15, 0.2) is 36.4 Å². The van der Waals surface area contributed by atoms with Crippen molar-refractivity contribution < 1.29 is 34.3 Å². The van der Waals surface area contributed by atoms with Gasteiger partial charge in [0.15, 0.2) is 0 Å². The van der Waals surface area contributed by atoms with Crippen molar-refractivity contribution >= 4 is 0 Å². The summed E-state index contributed by atoms with van der Waals surface area (Å²) in [6.45, 7) is 0.0833. The van der Waals surface area contributed by atoms with Gasteiger partial charge < -0.3 is 34.3 Å². The minimum absolute atomic E-state index is 0.130. The van der Waals surface area contributed by atoms with Crippen LogP contribution in [0.3, 0.4) is 0 Å². The van der Waals surface area contributed by atoms with Gasteiger partial charge in [-0.2, -0.15) is 0 Å². The van der Waals surface area contributed by atoms with Crippen molar-refractivity contribution in [2.75, 3.05) is 20.8 Å². The highest BCUT2D eigenvalue weighted by molar-refractivity contribution is 5.49. The fraction of sp³-hybridized carbons (Fsp3) is 0.429. The Bertz CT molecular complexity index is 868. The predicted octanol–water partition coefficient (Wildman–Crippen LogP) is 1.09. The van der Waals surface area contributed by atoms with Gasteiger partial charge in [0.1, 0.15) is 29.8 Å². The van der Waals surface area contributed by atoms with Gasteiger partial charge in [-0.15, -0.1) is 0 Å². The standard InChI is InChI=1S/C21H24O7/c1-25-15-5-3-4-12(7-15)6-13-8-16-14(9-18(13)26-2)10-27-21(16)20(24)19(23)17(22)11-28-21/h3-5,7-9,17,19-20,22-24H,6,10-11H2,1-2H3/t17-,19-,20+,21-/m0/s1. The van der Waals surface area contributed by atoms with Crippen molar-refractivity contribution in [2.45, 2.75) is 37.1 Å². The first-order valence-electron chi connectivity index (χ1n) is 9.14. The first-order valence-corrected chi connectivity index (χ1v) is 9.14. The Morgan fingerprint density at radius 1 is 1.07 bits per heavy atom. The van der Waals surface area contributed by atoms with Crippen LogP contribution in [-0.4, -0.2) is 54.5 Å². The summed E-state index contributed by atoms with van der Waals surface area (Å²) in [5, 5.41) is 30.6. The Kier molecular flexibility index (Phi) is 5.03. The number of hydrogen-bond donors (Lipinski definition) is 3. The second-order valence-electron chi connectivity index (χ2n) is 7.12. The molecule has 28 heavy (non-hydrogen) atoms. The lowest BCUT2D eigenvalue weighted by Crippen LogP contribution is -2.58. The molecule has 2 aromatic rings. The van der Waals surface area contributed by atoms with Crippen molar-refractivity contribution in [1.29, 1.82) is 0 Å². The molecule has 4 rings (SSSR count).